The Kier molecular flexibility index (Phi) is 4.80. The van der Waals surface area contributed by atoms with Gasteiger partial charge in [0.05, 0.1) is 24.2 Å². The van der Waals surface area contributed by atoms with Crippen LogP contribution in [0.15, 0.2) is 0 Å². The molecule has 0 aromatic carbocycles. The Balaban J connectivity index is 1.06. The minimum absolute atomic E-state index is 0.00763. The lowest BCUT2D eigenvalue weighted by Gasteiger charge is -2.52. The highest BCUT2D eigenvalue weighted by Gasteiger charge is 2.62. The van der Waals surface area contributed by atoms with Crippen LogP contribution in [0.25, 0.3) is 0 Å². The van der Waals surface area contributed by atoms with Crippen molar-refractivity contribution in [2.45, 2.75) is 83.5 Å². The number of esters is 1. The van der Waals surface area contributed by atoms with Crippen LogP contribution in [0.1, 0.15) is 65.2 Å². The van der Waals surface area contributed by atoms with Crippen molar-refractivity contribution in [3.8, 4) is 0 Å². The molecule has 0 amide bonds. The van der Waals surface area contributed by atoms with Crippen LogP contribution in [0.2, 0.25) is 0 Å². The summed E-state index contributed by atoms with van der Waals surface area (Å²) in [5.74, 6) is 4.07. The lowest BCUT2D eigenvalue weighted by atomic mass is 9.54. The highest BCUT2D eigenvalue weighted by Crippen LogP contribution is 2.62. The molecule has 0 spiro atoms. The first kappa shape index (κ1) is 19.7. The van der Waals surface area contributed by atoms with Gasteiger partial charge in [-0.15, -0.1) is 0 Å². The molecule has 0 aromatic rings. The Morgan fingerprint density at radius 2 is 1.77 bits per heavy atom. The molecule has 0 N–H and O–H groups in total. The number of ketones is 1. The molecule has 7 fully saturated rings. The molecule has 1 aliphatic heterocycles. The van der Waals surface area contributed by atoms with E-state index in [-0.39, 0.29) is 36.6 Å². The van der Waals surface area contributed by atoms with Gasteiger partial charge in [0.15, 0.2) is 6.79 Å². The average Bonchev–Trinajstić information content (AvgIpc) is 3.43. The second-order valence-electron chi connectivity index (χ2n) is 11.2. The Labute approximate surface area is 179 Å². The summed E-state index contributed by atoms with van der Waals surface area (Å²) in [4.78, 5) is 25.6. The molecule has 30 heavy (non-hydrogen) atoms. The van der Waals surface area contributed by atoms with Gasteiger partial charge in [0.1, 0.15) is 5.78 Å². The third kappa shape index (κ3) is 2.80. The van der Waals surface area contributed by atoms with Gasteiger partial charge in [-0.25, -0.2) is 0 Å². The number of fused-ring (bicyclic) bond motifs is 5. The van der Waals surface area contributed by atoms with E-state index in [2.05, 4.69) is 13.8 Å². The van der Waals surface area contributed by atoms with Crippen molar-refractivity contribution in [2.75, 3.05) is 6.79 Å². The highest BCUT2D eigenvalue weighted by atomic mass is 16.7. The van der Waals surface area contributed by atoms with Crippen molar-refractivity contribution in [3.63, 3.8) is 0 Å². The van der Waals surface area contributed by atoms with Crippen molar-refractivity contribution >= 4 is 11.8 Å². The maximum Gasteiger partial charge on any atom is 0.311 e. The van der Waals surface area contributed by atoms with E-state index in [0.717, 1.165) is 44.9 Å². The first-order chi connectivity index (χ1) is 14.6. The predicted molar refractivity (Wildman–Crippen MR) is 109 cm³/mol. The highest BCUT2D eigenvalue weighted by molar-refractivity contribution is 5.86. The van der Waals surface area contributed by atoms with Gasteiger partial charge in [-0.2, -0.15) is 0 Å². The summed E-state index contributed by atoms with van der Waals surface area (Å²) in [6.07, 6.45) is 9.14. The van der Waals surface area contributed by atoms with Gasteiger partial charge >= 0.3 is 5.97 Å². The molecular weight excluding hydrogens is 380 g/mol. The van der Waals surface area contributed by atoms with Gasteiger partial charge in [0.2, 0.25) is 0 Å². The van der Waals surface area contributed by atoms with Crippen LogP contribution in [-0.2, 0) is 23.8 Å². The molecule has 1 heterocycles. The number of Topliss-reactive ketones (excluding diaryl/α,β-unsaturated/α-hetero) is 1. The van der Waals surface area contributed by atoms with E-state index >= 15 is 0 Å². The van der Waals surface area contributed by atoms with Crippen LogP contribution in [0.3, 0.4) is 0 Å². The third-order valence-electron chi connectivity index (χ3n) is 9.97. The zero-order valence-corrected chi connectivity index (χ0v) is 18.3. The van der Waals surface area contributed by atoms with Crippen molar-refractivity contribution in [1.82, 2.24) is 0 Å². The summed E-state index contributed by atoms with van der Waals surface area (Å²) >= 11 is 0. The Bertz CT molecular complexity index is 720. The average molecular weight is 417 g/mol. The number of hydrogen-bond donors (Lipinski definition) is 0. The van der Waals surface area contributed by atoms with E-state index in [1.54, 1.807) is 0 Å². The molecule has 7 rings (SSSR count). The molecule has 6 aliphatic carbocycles. The normalized spacial score (nSPS) is 52.8. The smallest absolute Gasteiger partial charge is 0.311 e. The largest absolute Gasteiger partial charge is 0.438 e. The summed E-state index contributed by atoms with van der Waals surface area (Å²) in [6.45, 7) is 4.45. The second-order valence-corrected chi connectivity index (χ2v) is 11.2. The Morgan fingerprint density at radius 1 is 0.967 bits per heavy atom. The molecule has 166 valence electrons. The van der Waals surface area contributed by atoms with Gasteiger partial charge in [0.25, 0.3) is 0 Å². The third-order valence-corrected chi connectivity index (χ3v) is 9.97. The Morgan fingerprint density at radius 3 is 2.57 bits per heavy atom. The van der Waals surface area contributed by atoms with E-state index in [0.29, 0.717) is 53.5 Å². The van der Waals surface area contributed by atoms with Crippen molar-refractivity contribution in [2.24, 2.45) is 53.3 Å². The molecule has 1 saturated heterocycles. The van der Waals surface area contributed by atoms with Crippen LogP contribution in [0, 0.1) is 53.3 Å². The minimum Gasteiger partial charge on any atom is -0.438 e. The molecule has 6 saturated carbocycles. The van der Waals surface area contributed by atoms with E-state index < -0.39 is 0 Å². The van der Waals surface area contributed by atoms with Crippen molar-refractivity contribution < 1.29 is 23.8 Å². The first-order valence-corrected chi connectivity index (χ1v) is 12.6. The molecule has 6 bridgehead atoms. The molecule has 0 aromatic heterocycles. The molecule has 12 atom stereocenters. The molecular formula is C25H36O5. The molecule has 12 unspecified atom stereocenters. The van der Waals surface area contributed by atoms with Crippen LogP contribution >= 0.6 is 0 Å². The van der Waals surface area contributed by atoms with E-state index in [1.807, 2.05) is 0 Å². The van der Waals surface area contributed by atoms with Gasteiger partial charge in [-0.1, -0.05) is 13.8 Å². The fourth-order valence-corrected chi connectivity index (χ4v) is 9.05. The molecule has 5 heteroatoms. The van der Waals surface area contributed by atoms with Crippen LogP contribution in [0.5, 0.6) is 0 Å². The number of hydrogen-bond acceptors (Lipinski definition) is 5. The molecule has 5 nitrogen and oxygen atoms in total. The molecule has 7 aliphatic rings. The van der Waals surface area contributed by atoms with Crippen LogP contribution in [0.4, 0.5) is 0 Å². The Hall–Kier alpha value is -0.940. The lowest BCUT2D eigenvalue weighted by molar-refractivity contribution is -0.192. The fraction of sp³-hybridized carbons (Fsp3) is 0.920. The molecule has 0 radical (unpaired) electrons. The first-order valence-electron chi connectivity index (χ1n) is 12.6. The number of carbonyl (C=O) groups is 2. The summed E-state index contributed by atoms with van der Waals surface area (Å²) in [7, 11) is 0. The number of carbonyl (C=O) groups excluding carboxylic acids is 2. The fourth-order valence-electron chi connectivity index (χ4n) is 9.05. The van der Waals surface area contributed by atoms with Crippen LogP contribution in [-0.4, -0.2) is 36.9 Å². The van der Waals surface area contributed by atoms with Gasteiger partial charge < -0.3 is 14.2 Å². The quantitative estimate of drug-likeness (QED) is 0.484. The number of rotatable bonds is 6. The van der Waals surface area contributed by atoms with Crippen molar-refractivity contribution in [1.29, 1.82) is 0 Å². The predicted octanol–water partition coefficient (Wildman–Crippen LogP) is 3.98. The van der Waals surface area contributed by atoms with Crippen LogP contribution < -0.4 is 0 Å². The lowest BCUT2D eigenvalue weighted by Crippen LogP contribution is -2.55. The van der Waals surface area contributed by atoms with E-state index in [4.69, 9.17) is 14.2 Å². The van der Waals surface area contributed by atoms with Crippen molar-refractivity contribution in [3.05, 3.63) is 0 Å². The number of ether oxygens (including phenoxy) is 3. The van der Waals surface area contributed by atoms with E-state index in [9.17, 15) is 9.59 Å². The monoisotopic (exact) mass is 416 g/mol. The topological polar surface area (TPSA) is 61.8 Å². The van der Waals surface area contributed by atoms with Gasteiger partial charge in [0, 0.05) is 11.8 Å². The summed E-state index contributed by atoms with van der Waals surface area (Å²) in [6, 6.07) is 0. The summed E-state index contributed by atoms with van der Waals surface area (Å²) < 4.78 is 18.1. The zero-order chi connectivity index (χ0) is 20.6. The second kappa shape index (κ2) is 7.30. The summed E-state index contributed by atoms with van der Waals surface area (Å²) in [5, 5.41) is 0. The SMILES string of the molecule is CCC1OC(CC)C2C3CC(CC3C(=O)OCOC3C4CC5CC(C4)C(=O)C3C5)C12. The van der Waals surface area contributed by atoms with Gasteiger partial charge in [-0.05, 0) is 86.9 Å². The van der Waals surface area contributed by atoms with E-state index in [1.165, 1.54) is 6.42 Å². The summed E-state index contributed by atoms with van der Waals surface area (Å²) in [5.41, 5.74) is 0. The standard InChI is InChI=1S/C25H36O5/c1-3-19-21-13-9-16(22(21)20(4-2)30-19)17(10-13)25(27)29-11-28-24-15-6-12-5-14(8-15)23(26)18(24)7-12/h12-22,24H,3-11H2,1-2H3. The maximum atomic E-state index is 13.0. The zero-order valence-electron chi connectivity index (χ0n) is 18.3. The maximum absolute atomic E-state index is 13.0. The minimum atomic E-state index is -0.0779. The van der Waals surface area contributed by atoms with Gasteiger partial charge in [-0.3, -0.25) is 9.59 Å².